The van der Waals surface area contributed by atoms with Gasteiger partial charge in [0.25, 0.3) is 5.91 Å². The zero-order chi connectivity index (χ0) is 14.0. The van der Waals surface area contributed by atoms with E-state index in [4.69, 9.17) is 9.84 Å². The normalized spacial score (nSPS) is 22.2. The van der Waals surface area contributed by atoms with Crippen molar-refractivity contribution in [3.8, 4) is 0 Å². The van der Waals surface area contributed by atoms with Crippen molar-refractivity contribution in [3.63, 3.8) is 0 Å². The van der Waals surface area contributed by atoms with E-state index in [0.29, 0.717) is 13.0 Å². The lowest BCUT2D eigenvalue weighted by molar-refractivity contribution is -0.133. The fourth-order valence-electron chi connectivity index (χ4n) is 2.03. The number of anilines is 1. The number of carbonyl (C=O) groups is 2. The molecule has 6 heteroatoms. The van der Waals surface area contributed by atoms with Crippen molar-refractivity contribution < 1.29 is 23.8 Å². The Morgan fingerprint density at radius 2 is 2.21 bits per heavy atom. The second kappa shape index (κ2) is 4.97. The molecule has 0 radical (unpaired) electrons. The Bertz CT molecular complexity index is 523. The maximum absolute atomic E-state index is 13.7. The number of benzene rings is 1. The van der Waals surface area contributed by atoms with Gasteiger partial charge in [0.05, 0.1) is 11.3 Å². The smallest absolute Gasteiger partial charge is 0.337 e. The highest BCUT2D eigenvalue weighted by Crippen LogP contribution is 2.28. The van der Waals surface area contributed by atoms with Gasteiger partial charge < -0.3 is 15.2 Å². The first-order valence-electron chi connectivity index (χ1n) is 5.91. The summed E-state index contributed by atoms with van der Waals surface area (Å²) in [6.45, 7) is 2.07. The Labute approximate surface area is 109 Å². The van der Waals surface area contributed by atoms with Gasteiger partial charge >= 0.3 is 5.97 Å². The maximum Gasteiger partial charge on any atom is 0.337 e. The van der Waals surface area contributed by atoms with Gasteiger partial charge in [-0.1, -0.05) is 6.07 Å². The number of halogens is 1. The van der Waals surface area contributed by atoms with Crippen LogP contribution in [-0.2, 0) is 9.53 Å². The molecule has 19 heavy (non-hydrogen) atoms. The van der Waals surface area contributed by atoms with Gasteiger partial charge in [-0.05, 0) is 31.9 Å². The lowest BCUT2D eigenvalue weighted by Gasteiger charge is -2.22. The molecule has 1 saturated heterocycles. The topological polar surface area (TPSA) is 75.6 Å². The number of carboxylic acids is 1. The number of nitrogens with one attached hydrogen (secondary N) is 1. The van der Waals surface area contributed by atoms with Gasteiger partial charge in [0.2, 0.25) is 0 Å². The Hall–Kier alpha value is -1.95. The number of rotatable bonds is 3. The van der Waals surface area contributed by atoms with Crippen LogP contribution >= 0.6 is 0 Å². The van der Waals surface area contributed by atoms with E-state index >= 15 is 0 Å². The number of carboxylic acid groups (broad SMARTS) is 1. The molecule has 2 rings (SSSR count). The third-order valence-electron chi connectivity index (χ3n) is 3.18. The van der Waals surface area contributed by atoms with E-state index in [0.717, 1.165) is 12.5 Å². The highest BCUT2D eigenvalue weighted by Gasteiger charge is 2.38. The average Bonchev–Trinajstić information content (AvgIpc) is 2.79. The molecule has 0 saturated carbocycles. The molecule has 0 bridgehead atoms. The molecule has 2 N–H and O–H groups in total. The summed E-state index contributed by atoms with van der Waals surface area (Å²) in [5.74, 6) is -2.61. The van der Waals surface area contributed by atoms with Crippen LogP contribution in [0.3, 0.4) is 0 Å². The second-order valence-corrected chi connectivity index (χ2v) is 4.60. The first-order valence-corrected chi connectivity index (χ1v) is 5.91. The van der Waals surface area contributed by atoms with E-state index < -0.39 is 23.3 Å². The quantitative estimate of drug-likeness (QED) is 0.878. The molecule has 1 amide bonds. The SMILES string of the molecule is CC1(C(=O)Nc2c(F)cccc2C(=O)O)CCCO1. The summed E-state index contributed by atoms with van der Waals surface area (Å²) in [4.78, 5) is 23.1. The molecule has 102 valence electrons. The van der Waals surface area contributed by atoms with Crippen LogP contribution in [0, 0.1) is 5.82 Å². The number of ether oxygens (including phenoxy) is 1. The van der Waals surface area contributed by atoms with Crippen LogP contribution in [0.5, 0.6) is 0 Å². The lowest BCUT2D eigenvalue weighted by Crippen LogP contribution is -2.39. The number of carbonyl (C=O) groups excluding carboxylic acids is 1. The minimum absolute atomic E-state index is 0.282. The minimum Gasteiger partial charge on any atom is -0.478 e. The van der Waals surface area contributed by atoms with Gasteiger partial charge in [-0.3, -0.25) is 4.79 Å². The van der Waals surface area contributed by atoms with Crippen LogP contribution in [0.25, 0.3) is 0 Å². The van der Waals surface area contributed by atoms with Crippen molar-refractivity contribution in [2.24, 2.45) is 0 Å². The van der Waals surface area contributed by atoms with Gasteiger partial charge in [-0.15, -0.1) is 0 Å². The molecule has 1 atom stereocenters. The maximum atomic E-state index is 13.7. The van der Waals surface area contributed by atoms with E-state index in [1.807, 2.05) is 0 Å². The van der Waals surface area contributed by atoms with Crippen molar-refractivity contribution in [1.29, 1.82) is 0 Å². The largest absolute Gasteiger partial charge is 0.478 e. The molecule has 1 unspecified atom stereocenters. The standard InChI is InChI=1S/C13H14FNO4/c1-13(6-3-7-19-13)12(18)15-10-8(11(16)17)4-2-5-9(10)14/h2,4-5H,3,6-7H2,1H3,(H,15,18)(H,16,17). The highest BCUT2D eigenvalue weighted by molar-refractivity contribution is 6.03. The molecule has 1 aliphatic rings. The zero-order valence-electron chi connectivity index (χ0n) is 10.4. The summed E-state index contributed by atoms with van der Waals surface area (Å²) in [5.41, 5.74) is -1.63. The number of aromatic carboxylic acids is 1. The zero-order valence-corrected chi connectivity index (χ0v) is 10.4. The van der Waals surface area contributed by atoms with Crippen molar-refractivity contribution in [3.05, 3.63) is 29.6 Å². The lowest BCUT2D eigenvalue weighted by atomic mass is 10.0. The van der Waals surface area contributed by atoms with Crippen molar-refractivity contribution >= 4 is 17.6 Å². The van der Waals surface area contributed by atoms with Gasteiger partial charge in [0.1, 0.15) is 11.4 Å². The second-order valence-electron chi connectivity index (χ2n) is 4.60. The molecular formula is C13H14FNO4. The van der Waals surface area contributed by atoms with E-state index in [1.54, 1.807) is 6.92 Å². The molecule has 1 heterocycles. The minimum atomic E-state index is -1.30. The van der Waals surface area contributed by atoms with Crippen LogP contribution in [0.4, 0.5) is 10.1 Å². The van der Waals surface area contributed by atoms with Crippen molar-refractivity contribution in [1.82, 2.24) is 0 Å². The summed E-state index contributed by atoms with van der Waals surface area (Å²) >= 11 is 0. The number of hydrogen-bond acceptors (Lipinski definition) is 3. The van der Waals surface area contributed by atoms with Gasteiger partial charge in [-0.2, -0.15) is 0 Å². The predicted octanol–water partition coefficient (Wildman–Crippen LogP) is 2.03. The molecule has 1 aliphatic heterocycles. The summed E-state index contributed by atoms with van der Waals surface area (Å²) in [5, 5.41) is 11.3. The number of para-hydroxylation sites is 1. The fourth-order valence-corrected chi connectivity index (χ4v) is 2.03. The molecule has 0 aliphatic carbocycles. The molecule has 5 nitrogen and oxygen atoms in total. The average molecular weight is 267 g/mol. The fraction of sp³-hybridized carbons (Fsp3) is 0.385. The third kappa shape index (κ3) is 2.58. The molecule has 0 aromatic heterocycles. The highest BCUT2D eigenvalue weighted by atomic mass is 19.1. The van der Waals surface area contributed by atoms with Crippen LogP contribution in [0.1, 0.15) is 30.1 Å². The van der Waals surface area contributed by atoms with Crippen molar-refractivity contribution in [2.45, 2.75) is 25.4 Å². The number of amides is 1. The number of hydrogen-bond donors (Lipinski definition) is 2. The molecular weight excluding hydrogens is 253 g/mol. The van der Waals surface area contributed by atoms with Gasteiger partial charge in [-0.25, -0.2) is 9.18 Å². The Kier molecular flexibility index (Phi) is 3.53. The Morgan fingerprint density at radius 1 is 1.47 bits per heavy atom. The third-order valence-corrected chi connectivity index (χ3v) is 3.18. The first kappa shape index (κ1) is 13.5. The Balaban J connectivity index is 2.28. The monoisotopic (exact) mass is 267 g/mol. The molecule has 1 fully saturated rings. The first-order chi connectivity index (χ1) is 8.94. The summed E-state index contributed by atoms with van der Waals surface area (Å²) in [6.07, 6.45) is 1.27. The van der Waals surface area contributed by atoms with Crippen molar-refractivity contribution in [2.75, 3.05) is 11.9 Å². The van der Waals surface area contributed by atoms with E-state index in [-0.39, 0.29) is 11.3 Å². The van der Waals surface area contributed by atoms with E-state index in [1.165, 1.54) is 12.1 Å². The molecule has 1 aromatic carbocycles. The summed E-state index contributed by atoms with van der Waals surface area (Å²) < 4.78 is 19.0. The summed E-state index contributed by atoms with van der Waals surface area (Å²) in [7, 11) is 0. The van der Waals surface area contributed by atoms with E-state index in [9.17, 15) is 14.0 Å². The Morgan fingerprint density at radius 3 is 2.79 bits per heavy atom. The van der Waals surface area contributed by atoms with Gasteiger partial charge in [0, 0.05) is 6.61 Å². The van der Waals surface area contributed by atoms with Crippen LogP contribution in [0.2, 0.25) is 0 Å². The van der Waals surface area contributed by atoms with E-state index in [2.05, 4.69) is 5.32 Å². The predicted molar refractivity (Wildman–Crippen MR) is 65.6 cm³/mol. The van der Waals surface area contributed by atoms with Gasteiger partial charge in [0.15, 0.2) is 0 Å². The van der Waals surface area contributed by atoms with Crippen LogP contribution in [-0.4, -0.2) is 29.2 Å². The summed E-state index contributed by atoms with van der Waals surface area (Å²) in [6, 6.07) is 3.61. The van der Waals surface area contributed by atoms with Crippen LogP contribution < -0.4 is 5.32 Å². The molecule has 0 spiro atoms. The van der Waals surface area contributed by atoms with Crippen LogP contribution in [0.15, 0.2) is 18.2 Å². The molecule has 1 aromatic rings.